The van der Waals surface area contributed by atoms with Gasteiger partial charge in [0.25, 0.3) is 0 Å². The van der Waals surface area contributed by atoms with Crippen molar-refractivity contribution in [2.24, 2.45) is 34.5 Å². The second-order valence-corrected chi connectivity index (χ2v) is 9.64. The Kier molecular flexibility index (Phi) is 4.61. The van der Waals surface area contributed by atoms with Crippen LogP contribution in [0, 0.1) is 34.5 Å². The van der Waals surface area contributed by atoms with Crippen LogP contribution in [0.2, 0.25) is 0 Å². The fourth-order valence-corrected chi connectivity index (χ4v) is 7.27. The molecule has 0 aromatic heterocycles. The third-order valence-electron chi connectivity index (χ3n) is 8.35. The first-order valence-electron chi connectivity index (χ1n) is 10.5. The van der Waals surface area contributed by atoms with Crippen molar-refractivity contribution < 1.29 is 19.4 Å². The van der Waals surface area contributed by atoms with E-state index in [1.54, 1.807) is 0 Å². The molecule has 0 amide bonds. The largest absolute Gasteiger partial charge is 0.458 e. The molecule has 0 aromatic rings. The topological polar surface area (TPSA) is 63.6 Å². The van der Waals surface area contributed by atoms with Crippen LogP contribution in [0.5, 0.6) is 0 Å². The molecule has 0 heterocycles. The molecule has 3 saturated carbocycles. The number of carbonyl (C=O) groups is 2. The van der Waals surface area contributed by atoms with Crippen molar-refractivity contribution in [2.75, 3.05) is 6.61 Å². The minimum atomic E-state index is -0.407. The molecule has 27 heavy (non-hydrogen) atoms. The predicted molar refractivity (Wildman–Crippen MR) is 103 cm³/mol. The van der Waals surface area contributed by atoms with Gasteiger partial charge in [0.15, 0.2) is 5.78 Å². The molecule has 148 valence electrons. The Bertz CT molecular complexity index is 707. The highest BCUT2D eigenvalue weighted by Crippen LogP contribution is 2.66. The molecule has 4 heteroatoms. The molecule has 1 N–H and O–H groups in total. The molecule has 0 saturated heterocycles. The van der Waals surface area contributed by atoms with E-state index in [0.29, 0.717) is 18.3 Å². The lowest BCUT2D eigenvalue weighted by Crippen LogP contribution is -2.56. The fraction of sp³-hybridized carbons (Fsp3) is 0.739. The van der Waals surface area contributed by atoms with Gasteiger partial charge in [-0.1, -0.05) is 37.6 Å². The van der Waals surface area contributed by atoms with Crippen molar-refractivity contribution in [1.29, 1.82) is 0 Å². The van der Waals surface area contributed by atoms with Crippen LogP contribution in [-0.2, 0) is 14.3 Å². The van der Waals surface area contributed by atoms with Gasteiger partial charge < -0.3 is 9.84 Å². The highest BCUT2D eigenvalue weighted by molar-refractivity contribution is 5.85. The number of ketones is 1. The van der Waals surface area contributed by atoms with E-state index in [4.69, 9.17) is 4.74 Å². The maximum absolute atomic E-state index is 12.8. The summed E-state index contributed by atoms with van der Waals surface area (Å²) in [6.45, 7) is 5.72. The minimum Gasteiger partial charge on any atom is -0.458 e. The van der Waals surface area contributed by atoms with Crippen LogP contribution in [0.4, 0.5) is 0 Å². The lowest BCUT2D eigenvalue weighted by atomic mass is 9.47. The SMILES string of the molecule is CC(=O)OCC(=O)C1CCC2C3CCC4=CCC=CC4(C)C3C(O)CC12C. The average molecular weight is 373 g/mol. The first-order valence-corrected chi connectivity index (χ1v) is 10.5. The zero-order valence-corrected chi connectivity index (χ0v) is 16.7. The van der Waals surface area contributed by atoms with E-state index >= 15 is 0 Å². The lowest BCUT2D eigenvalue weighted by Gasteiger charge is -2.58. The van der Waals surface area contributed by atoms with Crippen LogP contribution in [0.1, 0.15) is 59.3 Å². The molecule has 7 atom stereocenters. The predicted octanol–water partition coefficient (Wildman–Crippen LogP) is 3.83. The number of hydrogen-bond donors (Lipinski definition) is 1. The maximum Gasteiger partial charge on any atom is 0.303 e. The number of Topliss-reactive ketones (excluding diaryl/α,β-unsaturated/α-hetero) is 1. The second kappa shape index (κ2) is 6.58. The summed E-state index contributed by atoms with van der Waals surface area (Å²) in [5, 5.41) is 11.3. The average Bonchev–Trinajstić information content (AvgIpc) is 2.95. The van der Waals surface area contributed by atoms with Crippen LogP contribution in [0.25, 0.3) is 0 Å². The molecule has 0 bridgehead atoms. The number of aliphatic hydroxyl groups excluding tert-OH is 1. The van der Waals surface area contributed by atoms with E-state index in [1.165, 1.54) is 12.5 Å². The molecule has 0 radical (unpaired) electrons. The summed E-state index contributed by atoms with van der Waals surface area (Å²) >= 11 is 0. The minimum absolute atomic E-state index is 0.0287. The molecule has 4 rings (SSSR count). The summed E-state index contributed by atoms with van der Waals surface area (Å²) in [5.41, 5.74) is 1.27. The van der Waals surface area contributed by atoms with Gasteiger partial charge in [-0.05, 0) is 55.8 Å². The van der Waals surface area contributed by atoms with Crippen molar-refractivity contribution in [3.63, 3.8) is 0 Å². The Labute approximate surface area is 162 Å². The van der Waals surface area contributed by atoms with Crippen molar-refractivity contribution >= 4 is 11.8 Å². The first kappa shape index (κ1) is 18.9. The van der Waals surface area contributed by atoms with Gasteiger partial charge in [-0.25, -0.2) is 0 Å². The number of allylic oxidation sites excluding steroid dienone is 4. The Balaban J connectivity index is 1.61. The van der Waals surface area contributed by atoms with Crippen LogP contribution >= 0.6 is 0 Å². The molecule has 4 aliphatic carbocycles. The van der Waals surface area contributed by atoms with E-state index in [1.807, 2.05) is 0 Å². The Morgan fingerprint density at radius 1 is 1.26 bits per heavy atom. The number of hydrogen-bond acceptors (Lipinski definition) is 4. The molecule has 4 aliphatic rings. The monoisotopic (exact) mass is 372 g/mol. The zero-order chi connectivity index (χ0) is 19.4. The van der Waals surface area contributed by atoms with E-state index in [2.05, 4.69) is 32.1 Å². The van der Waals surface area contributed by atoms with Crippen molar-refractivity contribution in [3.05, 3.63) is 23.8 Å². The van der Waals surface area contributed by atoms with Crippen LogP contribution in [-0.4, -0.2) is 29.6 Å². The molecule has 0 spiro atoms. The van der Waals surface area contributed by atoms with Crippen LogP contribution < -0.4 is 0 Å². The number of ether oxygens (including phenoxy) is 1. The van der Waals surface area contributed by atoms with E-state index in [-0.39, 0.29) is 35.1 Å². The normalized spacial score (nSPS) is 45.3. The number of fused-ring (bicyclic) bond motifs is 5. The van der Waals surface area contributed by atoms with Gasteiger partial charge in [-0.2, -0.15) is 0 Å². The van der Waals surface area contributed by atoms with Gasteiger partial charge in [0.05, 0.1) is 6.10 Å². The molecular formula is C23H32O4. The summed E-state index contributed by atoms with van der Waals surface area (Å²) in [6, 6.07) is 0. The zero-order valence-electron chi connectivity index (χ0n) is 16.7. The van der Waals surface area contributed by atoms with Gasteiger partial charge >= 0.3 is 5.97 Å². The number of rotatable bonds is 3. The van der Waals surface area contributed by atoms with Gasteiger partial charge in [-0.3, -0.25) is 9.59 Å². The highest BCUT2D eigenvalue weighted by Gasteiger charge is 2.62. The summed E-state index contributed by atoms with van der Waals surface area (Å²) in [4.78, 5) is 23.9. The van der Waals surface area contributed by atoms with Gasteiger partial charge in [0, 0.05) is 24.2 Å². The van der Waals surface area contributed by atoms with E-state index < -0.39 is 12.1 Å². The molecule has 3 fully saturated rings. The number of aliphatic hydroxyl groups is 1. The fourth-order valence-electron chi connectivity index (χ4n) is 7.27. The van der Waals surface area contributed by atoms with Gasteiger partial charge in [0.1, 0.15) is 6.61 Å². The van der Waals surface area contributed by atoms with Crippen molar-refractivity contribution in [1.82, 2.24) is 0 Å². The standard InChI is InChI=1S/C23H32O4/c1-14(24)27-13-20(26)18-10-9-17-16-8-7-15-6-4-5-11-22(15,2)21(16)19(25)12-23(17,18)3/h5-6,11,16-19,21,25H,4,7-10,12-13H2,1-3H3. The summed E-state index contributed by atoms with van der Waals surface area (Å²) in [7, 11) is 0. The molecular weight excluding hydrogens is 340 g/mol. The smallest absolute Gasteiger partial charge is 0.303 e. The summed E-state index contributed by atoms with van der Waals surface area (Å²) in [5.74, 6) is 0.677. The van der Waals surface area contributed by atoms with E-state index in [0.717, 1.165) is 32.1 Å². The summed E-state index contributed by atoms with van der Waals surface area (Å²) in [6.07, 6.45) is 12.3. The molecule has 0 aliphatic heterocycles. The Morgan fingerprint density at radius 2 is 2.04 bits per heavy atom. The molecule has 0 aromatic carbocycles. The van der Waals surface area contributed by atoms with Gasteiger partial charge in [-0.15, -0.1) is 0 Å². The third kappa shape index (κ3) is 2.83. The highest BCUT2D eigenvalue weighted by atomic mass is 16.5. The van der Waals surface area contributed by atoms with Crippen LogP contribution in [0.15, 0.2) is 23.8 Å². The second-order valence-electron chi connectivity index (χ2n) is 9.64. The van der Waals surface area contributed by atoms with Gasteiger partial charge in [0.2, 0.25) is 0 Å². The Morgan fingerprint density at radius 3 is 2.78 bits per heavy atom. The molecule has 4 nitrogen and oxygen atoms in total. The maximum atomic E-state index is 12.8. The number of carbonyl (C=O) groups excluding carboxylic acids is 2. The van der Waals surface area contributed by atoms with Crippen LogP contribution in [0.3, 0.4) is 0 Å². The quantitative estimate of drug-likeness (QED) is 0.604. The van der Waals surface area contributed by atoms with Crippen molar-refractivity contribution in [3.8, 4) is 0 Å². The molecule has 7 unspecified atom stereocenters. The summed E-state index contributed by atoms with van der Waals surface area (Å²) < 4.78 is 4.99. The third-order valence-corrected chi connectivity index (χ3v) is 8.35. The van der Waals surface area contributed by atoms with Crippen molar-refractivity contribution in [2.45, 2.75) is 65.4 Å². The number of esters is 1. The van der Waals surface area contributed by atoms with E-state index in [9.17, 15) is 14.7 Å². The Hall–Kier alpha value is -1.42. The first-order chi connectivity index (χ1) is 12.8. The lowest BCUT2D eigenvalue weighted by molar-refractivity contribution is -0.152.